The minimum Gasteiger partial charge on any atom is -0.390 e. The molecule has 1 heterocycles. The molecule has 26 heavy (non-hydrogen) atoms. The average molecular weight is 392 g/mol. The molecule has 0 fully saturated rings. The van der Waals surface area contributed by atoms with Crippen LogP contribution >= 0.6 is 0 Å². The van der Waals surface area contributed by atoms with E-state index < -0.39 is 22.0 Å². The van der Waals surface area contributed by atoms with E-state index in [0.29, 0.717) is 13.1 Å². The number of ketones is 1. The number of carbonyl (C=O) groups excluding carboxylic acids is 1. The Labute approximate surface area is 155 Å². The smallest absolute Gasteiger partial charge is 0.267 e. The number of unbranched alkanes of at least 4 members (excludes halogenated alkanes) is 3. The van der Waals surface area contributed by atoms with E-state index in [2.05, 4.69) is 11.9 Å². The van der Waals surface area contributed by atoms with Gasteiger partial charge in [0, 0.05) is 6.42 Å². The molecule has 1 aliphatic heterocycles. The molecule has 0 bridgehead atoms. The number of aliphatic hydroxyl groups is 2. The summed E-state index contributed by atoms with van der Waals surface area (Å²) in [5.41, 5.74) is 0. The summed E-state index contributed by atoms with van der Waals surface area (Å²) >= 11 is 0. The van der Waals surface area contributed by atoms with Gasteiger partial charge in [-0.05, 0) is 12.8 Å². The first-order chi connectivity index (χ1) is 12.2. The molecule has 0 aliphatic carbocycles. The number of aliphatic imine (C=N–C) groups is 1. The van der Waals surface area contributed by atoms with Crippen LogP contribution in [0.5, 0.6) is 0 Å². The van der Waals surface area contributed by atoms with Crippen molar-refractivity contribution >= 4 is 21.7 Å². The van der Waals surface area contributed by atoms with Crippen LogP contribution in [0.2, 0.25) is 0 Å². The number of rotatable bonds is 13. The maximum atomic E-state index is 12.6. The van der Waals surface area contributed by atoms with Gasteiger partial charge < -0.3 is 10.2 Å². The van der Waals surface area contributed by atoms with Crippen molar-refractivity contribution in [1.82, 2.24) is 0 Å². The summed E-state index contributed by atoms with van der Waals surface area (Å²) in [6.07, 6.45) is 6.88. The third-order valence-corrected chi connectivity index (χ3v) is 5.23. The van der Waals surface area contributed by atoms with Crippen molar-refractivity contribution in [3.05, 3.63) is 12.2 Å². The second kappa shape index (κ2) is 10.9. The topological polar surface area (TPSA) is 124 Å². The Balaban J connectivity index is 2.75. The highest BCUT2D eigenvalue weighted by Crippen LogP contribution is 2.19. The van der Waals surface area contributed by atoms with E-state index in [4.69, 9.17) is 4.55 Å². The predicted molar refractivity (Wildman–Crippen MR) is 99.6 cm³/mol. The van der Waals surface area contributed by atoms with Crippen LogP contribution in [0.25, 0.3) is 0 Å². The summed E-state index contributed by atoms with van der Waals surface area (Å²) in [7, 11) is -4.33. The first-order valence-electron chi connectivity index (χ1n) is 9.07. The molecule has 0 aromatic rings. The molecule has 0 saturated carbocycles. The molecule has 2 atom stereocenters. The van der Waals surface area contributed by atoms with Gasteiger partial charge in [0.15, 0.2) is 0 Å². The highest BCUT2D eigenvalue weighted by atomic mass is 32.2. The van der Waals surface area contributed by atoms with Crippen molar-refractivity contribution in [2.24, 2.45) is 4.99 Å². The van der Waals surface area contributed by atoms with E-state index in [-0.39, 0.29) is 42.2 Å². The fourth-order valence-electron chi connectivity index (χ4n) is 3.25. The van der Waals surface area contributed by atoms with E-state index in [1.807, 2.05) is 6.08 Å². The minimum atomic E-state index is -4.33. The maximum Gasteiger partial charge on any atom is 0.267 e. The van der Waals surface area contributed by atoms with Crippen LogP contribution < -0.4 is 0 Å². The Morgan fingerprint density at radius 1 is 1.35 bits per heavy atom. The van der Waals surface area contributed by atoms with Crippen molar-refractivity contribution in [2.45, 2.75) is 45.1 Å². The predicted octanol–water partition coefficient (Wildman–Crippen LogP) is 0.552. The van der Waals surface area contributed by atoms with Crippen LogP contribution in [0, 0.1) is 0 Å². The summed E-state index contributed by atoms with van der Waals surface area (Å²) in [5.74, 6) is -0.745. The highest BCUT2D eigenvalue weighted by molar-refractivity contribution is 7.85. The van der Waals surface area contributed by atoms with Gasteiger partial charge in [-0.2, -0.15) is 8.42 Å². The van der Waals surface area contributed by atoms with Gasteiger partial charge in [-0.3, -0.25) is 13.8 Å². The molecule has 0 aromatic heterocycles. The molecule has 9 heteroatoms. The van der Waals surface area contributed by atoms with Gasteiger partial charge in [-0.1, -0.05) is 31.9 Å². The highest BCUT2D eigenvalue weighted by Gasteiger charge is 2.43. The zero-order valence-corrected chi connectivity index (χ0v) is 16.2. The molecule has 0 spiro atoms. The fraction of sp³-hybridized carbons (Fsp3) is 0.765. The normalized spacial score (nSPS) is 21.9. The van der Waals surface area contributed by atoms with Gasteiger partial charge in [-0.15, -0.1) is 0 Å². The molecule has 3 N–H and O–H groups in total. The first kappa shape index (κ1) is 22.9. The maximum absolute atomic E-state index is 12.6. The van der Waals surface area contributed by atoms with Crippen LogP contribution in [-0.2, 0) is 14.9 Å². The lowest BCUT2D eigenvalue weighted by molar-refractivity contribution is -0.837. The molecule has 150 valence electrons. The van der Waals surface area contributed by atoms with Gasteiger partial charge in [0.2, 0.25) is 5.78 Å². The largest absolute Gasteiger partial charge is 0.390 e. The number of quaternary nitrogens is 1. The number of hydrogen-bond acceptors (Lipinski definition) is 6. The van der Waals surface area contributed by atoms with E-state index in [1.54, 1.807) is 6.08 Å². The van der Waals surface area contributed by atoms with E-state index >= 15 is 0 Å². The molecule has 1 aliphatic rings. The number of carbonyl (C=O) groups is 1. The van der Waals surface area contributed by atoms with Crippen molar-refractivity contribution in [3.8, 4) is 0 Å². The first-order valence-corrected chi connectivity index (χ1v) is 10.7. The average Bonchev–Trinajstić information content (AvgIpc) is 2.92. The van der Waals surface area contributed by atoms with Crippen LogP contribution in [0.1, 0.15) is 39.0 Å². The lowest BCUT2D eigenvalue weighted by atomic mass is 10.1. The minimum absolute atomic E-state index is 0.0598. The zero-order valence-electron chi connectivity index (χ0n) is 15.4. The van der Waals surface area contributed by atoms with E-state index in [0.717, 1.165) is 25.7 Å². The molecule has 1 rings (SSSR count). The lowest BCUT2D eigenvalue weighted by Crippen LogP contribution is -2.59. The molecule has 8 nitrogen and oxygen atoms in total. The summed E-state index contributed by atoms with van der Waals surface area (Å²) in [6, 6.07) is 0. The molecular weight excluding hydrogens is 360 g/mol. The van der Waals surface area contributed by atoms with Crippen LogP contribution in [-0.4, -0.2) is 83.9 Å². The number of Topliss-reactive ketones (excluding diaryl/α,β-unsaturated/α-hetero) is 1. The lowest BCUT2D eigenvalue weighted by Gasteiger charge is -2.34. The van der Waals surface area contributed by atoms with E-state index in [9.17, 15) is 23.4 Å². The third-order valence-electron chi connectivity index (χ3n) is 4.42. The fourth-order valence-corrected chi connectivity index (χ4v) is 3.84. The summed E-state index contributed by atoms with van der Waals surface area (Å²) in [4.78, 5) is 16.8. The summed E-state index contributed by atoms with van der Waals surface area (Å²) in [5, 5.41) is 19.4. The summed E-state index contributed by atoms with van der Waals surface area (Å²) in [6.45, 7) is 2.75. The quantitative estimate of drug-likeness (QED) is 0.182. The van der Waals surface area contributed by atoms with Crippen LogP contribution in [0.3, 0.4) is 0 Å². The zero-order chi connectivity index (χ0) is 19.6. The molecule has 0 aromatic carbocycles. The Kier molecular flexibility index (Phi) is 9.59. The Morgan fingerprint density at radius 2 is 2.08 bits per heavy atom. The van der Waals surface area contributed by atoms with Crippen LogP contribution in [0.4, 0.5) is 0 Å². The molecule has 0 amide bonds. The third kappa shape index (κ3) is 7.63. The van der Waals surface area contributed by atoms with Crippen molar-refractivity contribution in [1.29, 1.82) is 0 Å². The van der Waals surface area contributed by atoms with Gasteiger partial charge >= 0.3 is 0 Å². The second-order valence-electron chi connectivity index (χ2n) is 6.70. The monoisotopic (exact) mass is 391 g/mol. The van der Waals surface area contributed by atoms with Crippen LogP contribution in [0.15, 0.2) is 17.1 Å². The Bertz CT molecular complexity index is 617. The second-order valence-corrected chi connectivity index (χ2v) is 8.20. The molecule has 0 saturated heterocycles. The molecule has 2 unspecified atom stereocenters. The number of amidine groups is 1. The number of aliphatic hydroxyl groups excluding tert-OH is 2. The Morgan fingerprint density at radius 3 is 2.69 bits per heavy atom. The van der Waals surface area contributed by atoms with E-state index in [1.165, 1.54) is 0 Å². The molecule has 0 radical (unpaired) electrons. The van der Waals surface area contributed by atoms with Crippen molar-refractivity contribution < 1.29 is 32.5 Å². The SMILES string of the molecule is CCCCC/C=C/CC(=O)C1=NCC[N+]1(CCO)CC(O)CS(=O)(=O)O. The summed E-state index contributed by atoms with van der Waals surface area (Å²) < 4.78 is 30.8. The number of nitrogens with zero attached hydrogens (tertiary/aromatic N) is 2. The van der Waals surface area contributed by atoms with Gasteiger partial charge in [0.05, 0.1) is 13.2 Å². The van der Waals surface area contributed by atoms with Gasteiger partial charge in [0.25, 0.3) is 16.0 Å². The standard InChI is InChI=1S/C17H30N2O6S/c1-2-3-4-5-6-7-8-16(22)17-18-9-10-19(17,11-12-20)13-15(21)14-26(23,24)25/h6-7,15,20-21H,2-5,8-14H2,1H3/p+1/b7-6+. The van der Waals surface area contributed by atoms with Gasteiger partial charge in [0.1, 0.15) is 31.5 Å². The van der Waals surface area contributed by atoms with Crippen molar-refractivity contribution in [2.75, 3.05) is 38.5 Å². The van der Waals surface area contributed by atoms with Crippen molar-refractivity contribution in [3.63, 3.8) is 0 Å². The molecular formula is C17H31N2O6S+. The number of hydrogen-bond donors (Lipinski definition) is 3. The Hall–Kier alpha value is -1.13. The number of allylic oxidation sites excluding steroid dienone is 2. The van der Waals surface area contributed by atoms with Gasteiger partial charge in [-0.25, -0.2) is 4.99 Å².